The number of carbonyl (C=O) groups is 1. The van der Waals surface area contributed by atoms with Crippen molar-refractivity contribution >= 4 is 43.4 Å². The Hall–Kier alpha value is -2.47. The number of nitrogens with zero attached hydrogens (tertiary/aromatic N) is 2. The van der Waals surface area contributed by atoms with Gasteiger partial charge in [0.1, 0.15) is 22.2 Å². The lowest BCUT2D eigenvalue weighted by Gasteiger charge is -2.31. The predicted molar refractivity (Wildman–Crippen MR) is 149 cm³/mol. The monoisotopic (exact) mass is 605 g/mol. The van der Waals surface area contributed by atoms with Crippen LogP contribution in [0.4, 0.5) is 0 Å². The van der Waals surface area contributed by atoms with E-state index >= 15 is 0 Å². The zero-order chi connectivity index (χ0) is 27.0. The number of hydrogen-bond acceptors (Lipinski definition) is 7. The van der Waals surface area contributed by atoms with Gasteiger partial charge in [0.25, 0.3) is 5.56 Å². The second-order valence-corrected chi connectivity index (χ2v) is 12.3. The molecule has 1 saturated heterocycles. The van der Waals surface area contributed by atoms with Crippen LogP contribution >= 0.6 is 27.3 Å². The summed E-state index contributed by atoms with van der Waals surface area (Å²) < 4.78 is 21.3. The highest BCUT2D eigenvalue weighted by atomic mass is 79.9. The van der Waals surface area contributed by atoms with Crippen molar-refractivity contribution < 1.29 is 19.0 Å². The fourth-order valence-electron chi connectivity index (χ4n) is 5.76. The van der Waals surface area contributed by atoms with Crippen LogP contribution < -0.4 is 21.7 Å². The van der Waals surface area contributed by atoms with Gasteiger partial charge in [0.05, 0.1) is 28.9 Å². The second kappa shape index (κ2) is 11.0. The fourth-order valence-corrected chi connectivity index (χ4v) is 7.44. The van der Waals surface area contributed by atoms with Gasteiger partial charge >= 0.3 is 5.69 Å². The molecule has 38 heavy (non-hydrogen) atoms. The summed E-state index contributed by atoms with van der Waals surface area (Å²) in [6.45, 7) is 3.19. The Balaban J connectivity index is 1.72. The summed E-state index contributed by atoms with van der Waals surface area (Å²) in [5.74, 6) is 0.00176. The van der Waals surface area contributed by atoms with Gasteiger partial charge in [-0.1, -0.05) is 31.0 Å². The van der Waals surface area contributed by atoms with Crippen LogP contribution in [0.25, 0.3) is 10.2 Å². The summed E-state index contributed by atoms with van der Waals surface area (Å²) in [4.78, 5) is 41.5. The lowest BCUT2D eigenvalue weighted by Crippen LogP contribution is -2.56. The third-order valence-electron chi connectivity index (χ3n) is 7.83. The topological polar surface area (TPSA) is 115 Å². The predicted octanol–water partition coefficient (Wildman–Crippen LogP) is 4.00. The number of carbonyl (C=O) groups excluding carboxylic acids is 1. The zero-order valence-corrected chi connectivity index (χ0v) is 23.9. The number of nitrogens with two attached hydrogens (primary N) is 1. The van der Waals surface area contributed by atoms with Gasteiger partial charge in [0.15, 0.2) is 0 Å². The first-order valence-electron chi connectivity index (χ1n) is 12.9. The molecule has 2 fully saturated rings. The molecule has 1 aliphatic carbocycles. The lowest BCUT2D eigenvalue weighted by atomic mass is 9.96. The minimum absolute atomic E-state index is 0.0561. The number of hydrogen-bond donors (Lipinski definition) is 1. The van der Waals surface area contributed by atoms with Crippen molar-refractivity contribution in [1.29, 1.82) is 0 Å². The summed E-state index contributed by atoms with van der Waals surface area (Å²) in [5.41, 5.74) is 5.06. The molecular formula is C27H32BrN3O6S. The Morgan fingerprint density at radius 2 is 1.92 bits per heavy atom. The number of para-hydroxylation sites is 1. The van der Waals surface area contributed by atoms with E-state index in [2.05, 4.69) is 15.9 Å². The maximum Gasteiger partial charge on any atom is 0.333 e. The quantitative estimate of drug-likeness (QED) is 0.415. The van der Waals surface area contributed by atoms with Crippen LogP contribution in [-0.4, -0.2) is 41.5 Å². The van der Waals surface area contributed by atoms with E-state index in [1.165, 1.54) is 11.3 Å². The van der Waals surface area contributed by atoms with Crippen molar-refractivity contribution in [3.8, 4) is 5.75 Å². The van der Waals surface area contributed by atoms with E-state index in [1.807, 2.05) is 31.2 Å². The number of methoxy groups -OCH3 is 1. The normalized spacial score (nSPS) is 18.6. The molecule has 1 aromatic carbocycles. The number of aromatic nitrogens is 2. The molecule has 1 atom stereocenters. The first kappa shape index (κ1) is 27.1. The highest BCUT2D eigenvalue weighted by Crippen LogP contribution is 2.38. The van der Waals surface area contributed by atoms with Gasteiger partial charge in [-0.3, -0.25) is 14.2 Å². The van der Waals surface area contributed by atoms with Crippen molar-refractivity contribution in [3.63, 3.8) is 0 Å². The average molecular weight is 607 g/mol. The molecule has 5 rings (SSSR count). The minimum atomic E-state index is -1.34. The Morgan fingerprint density at radius 1 is 1.24 bits per heavy atom. The first-order chi connectivity index (χ1) is 18.3. The van der Waals surface area contributed by atoms with Crippen molar-refractivity contribution in [1.82, 2.24) is 9.13 Å². The van der Waals surface area contributed by atoms with Gasteiger partial charge in [0.2, 0.25) is 5.91 Å². The molecule has 1 unspecified atom stereocenters. The molecule has 1 saturated carbocycles. The van der Waals surface area contributed by atoms with E-state index < -0.39 is 28.8 Å². The number of benzene rings is 1. The molecule has 0 spiro atoms. The first-order valence-corrected chi connectivity index (χ1v) is 14.5. The molecule has 0 bridgehead atoms. The van der Waals surface area contributed by atoms with E-state index in [9.17, 15) is 14.4 Å². The molecule has 2 N–H and O–H groups in total. The highest BCUT2D eigenvalue weighted by Gasteiger charge is 2.45. The maximum atomic E-state index is 14.2. The molecule has 1 aliphatic heterocycles. The van der Waals surface area contributed by atoms with Gasteiger partial charge in [0, 0.05) is 18.8 Å². The number of primary amides is 1. The Morgan fingerprint density at radius 3 is 2.58 bits per heavy atom. The Kier molecular flexibility index (Phi) is 7.82. The van der Waals surface area contributed by atoms with Crippen LogP contribution in [0.15, 0.2) is 37.6 Å². The van der Waals surface area contributed by atoms with Gasteiger partial charge in [-0.05, 0) is 60.2 Å². The third-order valence-corrected chi connectivity index (χ3v) is 10.0. The molecule has 2 aliphatic rings. The lowest BCUT2D eigenvalue weighted by molar-refractivity contribution is -0.126. The van der Waals surface area contributed by atoms with Crippen molar-refractivity contribution in [3.05, 3.63) is 60.0 Å². The zero-order valence-electron chi connectivity index (χ0n) is 21.5. The van der Waals surface area contributed by atoms with Gasteiger partial charge in [-0.15, -0.1) is 11.3 Å². The number of ether oxygens (including phenoxy) is 3. The molecule has 3 heterocycles. The Labute approximate surface area is 232 Å². The second-order valence-electron chi connectivity index (χ2n) is 10.00. The van der Waals surface area contributed by atoms with Crippen molar-refractivity contribution in [2.24, 2.45) is 5.73 Å². The van der Waals surface area contributed by atoms with Crippen LogP contribution in [0.3, 0.4) is 0 Å². The van der Waals surface area contributed by atoms with Gasteiger partial charge < -0.3 is 19.9 Å². The van der Waals surface area contributed by atoms with Crippen LogP contribution in [0.2, 0.25) is 0 Å². The molecule has 11 heteroatoms. The third kappa shape index (κ3) is 4.63. The average Bonchev–Trinajstić information content (AvgIpc) is 3.52. The SMILES string of the molecule is COc1ccccc1C(Cn1c(=O)n(C2(C(N)=O)CCCC2)c(=O)c2c(C)c(Br)sc21)OC1CCOCC1. The van der Waals surface area contributed by atoms with Gasteiger partial charge in [-0.2, -0.15) is 0 Å². The van der Waals surface area contributed by atoms with E-state index in [4.69, 9.17) is 19.9 Å². The van der Waals surface area contributed by atoms with Crippen LogP contribution in [0.5, 0.6) is 5.75 Å². The van der Waals surface area contributed by atoms with E-state index in [0.717, 1.165) is 45.2 Å². The number of aryl methyl sites for hydroxylation is 1. The Bertz CT molecular complexity index is 1470. The summed E-state index contributed by atoms with van der Waals surface area (Å²) >= 11 is 4.89. The molecule has 1 amide bonds. The molecular weight excluding hydrogens is 574 g/mol. The van der Waals surface area contributed by atoms with Crippen LogP contribution in [-0.2, 0) is 26.4 Å². The van der Waals surface area contributed by atoms with Crippen molar-refractivity contribution in [2.75, 3.05) is 20.3 Å². The molecule has 3 aromatic rings. The molecule has 2 aromatic heterocycles. The summed E-state index contributed by atoms with van der Waals surface area (Å²) in [5, 5.41) is 0.416. The number of rotatable bonds is 8. The number of amides is 1. The molecule has 0 radical (unpaired) electrons. The van der Waals surface area contributed by atoms with E-state index in [-0.39, 0.29) is 12.6 Å². The summed E-state index contributed by atoms with van der Waals surface area (Å²) in [6, 6.07) is 7.58. The summed E-state index contributed by atoms with van der Waals surface area (Å²) in [7, 11) is 1.60. The summed E-state index contributed by atoms with van der Waals surface area (Å²) in [6.07, 6.45) is 3.04. The van der Waals surface area contributed by atoms with E-state index in [0.29, 0.717) is 42.0 Å². The molecule has 204 valence electrons. The maximum absolute atomic E-state index is 14.2. The highest BCUT2D eigenvalue weighted by molar-refractivity contribution is 9.11. The smallest absolute Gasteiger partial charge is 0.333 e. The largest absolute Gasteiger partial charge is 0.496 e. The van der Waals surface area contributed by atoms with E-state index in [1.54, 1.807) is 11.7 Å². The number of thiophene rings is 1. The van der Waals surface area contributed by atoms with Crippen molar-refractivity contribution in [2.45, 2.75) is 69.7 Å². The number of halogens is 1. The number of fused-ring (bicyclic) bond motifs is 1. The molecule has 9 nitrogen and oxygen atoms in total. The van der Waals surface area contributed by atoms with Crippen LogP contribution in [0.1, 0.15) is 55.8 Å². The van der Waals surface area contributed by atoms with Gasteiger partial charge in [-0.25, -0.2) is 9.36 Å². The fraction of sp³-hybridized carbons (Fsp3) is 0.519. The minimum Gasteiger partial charge on any atom is -0.496 e. The standard InChI is InChI=1S/C27H32BrN3O6S/c1-16-21-23(32)31(27(25(29)33)11-5-6-12-27)26(34)30(24(21)38-22(16)28)15-20(37-17-9-13-36-14-10-17)18-7-3-4-8-19(18)35-2/h3-4,7-8,17,20H,5-6,9-15H2,1-2H3,(H2,29,33). The van der Waals surface area contributed by atoms with Crippen LogP contribution in [0, 0.1) is 6.92 Å².